The summed E-state index contributed by atoms with van der Waals surface area (Å²) in [7, 11) is 1.47. The number of rotatable bonds is 3. The van der Waals surface area contributed by atoms with Gasteiger partial charge in [-0.15, -0.1) is 0 Å². The Kier molecular flexibility index (Phi) is 3.55. The summed E-state index contributed by atoms with van der Waals surface area (Å²) in [5.74, 6) is -0.411. The van der Waals surface area contributed by atoms with Crippen molar-refractivity contribution < 1.29 is 9.59 Å². The Hall–Kier alpha value is -1.97. The Bertz CT molecular complexity index is 358. The van der Waals surface area contributed by atoms with Gasteiger partial charge >= 0.3 is 0 Å². The van der Waals surface area contributed by atoms with Gasteiger partial charge in [0, 0.05) is 13.2 Å². The summed E-state index contributed by atoms with van der Waals surface area (Å²) >= 11 is 0. The number of carbonyl (C=O) groups is 2. The lowest BCUT2D eigenvalue weighted by atomic mass is 10.2. The van der Waals surface area contributed by atoms with E-state index in [1.165, 1.54) is 13.1 Å². The van der Waals surface area contributed by atoms with E-state index in [1.54, 1.807) is 24.4 Å². The molecule has 0 aromatic carbocycles. The maximum absolute atomic E-state index is 11.1. The fraction of sp³-hybridized carbons (Fsp3) is 0.100. The molecule has 1 aromatic heterocycles. The van der Waals surface area contributed by atoms with Crippen molar-refractivity contribution in [3.05, 3.63) is 35.7 Å². The molecule has 1 N–H and O–H groups in total. The SMILES string of the molecule is CNC(=O)/C(C=O)=C/c1ccccn1. The Labute approximate surface area is 81.7 Å². The molecule has 0 unspecified atom stereocenters. The van der Waals surface area contributed by atoms with Gasteiger partial charge in [-0.05, 0) is 18.2 Å². The smallest absolute Gasteiger partial charge is 0.254 e. The molecule has 1 heterocycles. The molecule has 72 valence electrons. The summed E-state index contributed by atoms with van der Waals surface area (Å²) in [5, 5.41) is 2.37. The fourth-order valence-electron chi connectivity index (χ4n) is 0.918. The van der Waals surface area contributed by atoms with Crippen molar-refractivity contribution >= 4 is 18.3 Å². The monoisotopic (exact) mass is 190 g/mol. The van der Waals surface area contributed by atoms with Gasteiger partial charge in [-0.2, -0.15) is 0 Å². The Morgan fingerprint density at radius 1 is 1.50 bits per heavy atom. The highest BCUT2D eigenvalue weighted by Gasteiger charge is 2.05. The van der Waals surface area contributed by atoms with E-state index < -0.39 is 5.91 Å². The Morgan fingerprint density at radius 3 is 2.79 bits per heavy atom. The average Bonchev–Trinajstić information content (AvgIpc) is 2.26. The second kappa shape index (κ2) is 4.91. The molecule has 0 aliphatic carbocycles. The standard InChI is InChI=1S/C10H10N2O2/c1-11-10(14)8(7-13)6-9-4-2-3-5-12-9/h2-7H,1H3,(H,11,14)/b8-6+. The maximum atomic E-state index is 11.1. The minimum absolute atomic E-state index is 0.0613. The minimum Gasteiger partial charge on any atom is -0.355 e. The first kappa shape index (κ1) is 10.1. The topological polar surface area (TPSA) is 59.1 Å². The normalized spacial score (nSPS) is 10.8. The third-order valence-corrected chi connectivity index (χ3v) is 1.61. The summed E-state index contributed by atoms with van der Waals surface area (Å²) in [4.78, 5) is 25.6. The second-order valence-corrected chi connectivity index (χ2v) is 2.55. The molecule has 0 saturated heterocycles. The predicted octanol–water partition coefficient (Wildman–Crippen LogP) is 0.410. The number of hydrogen-bond acceptors (Lipinski definition) is 3. The molecule has 0 radical (unpaired) electrons. The number of nitrogens with zero attached hydrogens (tertiary/aromatic N) is 1. The van der Waals surface area contributed by atoms with Gasteiger partial charge < -0.3 is 5.32 Å². The molecular formula is C10H10N2O2. The van der Waals surface area contributed by atoms with E-state index in [2.05, 4.69) is 10.3 Å². The summed E-state index contributed by atoms with van der Waals surface area (Å²) in [6.07, 6.45) is 3.54. The van der Waals surface area contributed by atoms with Crippen LogP contribution >= 0.6 is 0 Å². The van der Waals surface area contributed by atoms with Gasteiger partial charge in [-0.3, -0.25) is 14.6 Å². The molecule has 0 aliphatic heterocycles. The highest BCUT2D eigenvalue weighted by molar-refractivity contribution is 6.14. The van der Waals surface area contributed by atoms with Gasteiger partial charge in [-0.25, -0.2) is 0 Å². The molecule has 4 heteroatoms. The van der Waals surface area contributed by atoms with Gasteiger partial charge in [0.05, 0.1) is 11.3 Å². The summed E-state index contributed by atoms with van der Waals surface area (Å²) in [6.45, 7) is 0. The molecule has 0 aliphatic rings. The van der Waals surface area contributed by atoms with Gasteiger partial charge in [0.25, 0.3) is 5.91 Å². The highest BCUT2D eigenvalue weighted by atomic mass is 16.2. The van der Waals surface area contributed by atoms with Crippen molar-refractivity contribution in [1.29, 1.82) is 0 Å². The quantitative estimate of drug-likeness (QED) is 0.325. The Balaban J connectivity index is 2.95. The highest BCUT2D eigenvalue weighted by Crippen LogP contribution is 2.01. The van der Waals surface area contributed by atoms with Crippen LogP contribution in [-0.4, -0.2) is 24.2 Å². The van der Waals surface area contributed by atoms with Crippen LogP contribution in [0.5, 0.6) is 0 Å². The molecule has 0 bridgehead atoms. The number of likely N-dealkylation sites (N-methyl/N-ethyl adjacent to an activating group) is 1. The lowest BCUT2D eigenvalue weighted by molar-refractivity contribution is -0.118. The van der Waals surface area contributed by atoms with Crippen molar-refractivity contribution in [3.8, 4) is 0 Å². The summed E-state index contributed by atoms with van der Waals surface area (Å²) < 4.78 is 0. The largest absolute Gasteiger partial charge is 0.355 e. The number of carbonyl (C=O) groups excluding carboxylic acids is 2. The van der Waals surface area contributed by atoms with E-state index in [4.69, 9.17) is 0 Å². The van der Waals surface area contributed by atoms with Gasteiger partial charge in [0.2, 0.25) is 0 Å². The average molecular weight is 190 g/mol. The van der Waals surface area contributed by atoms with Crippen LogP contribution in [0.2, 0.25) is 0 Å². The first-order valence-electron chi connectivity index (χ1n) is 4.08. The molecule has 14 heavy (non-hydrogen) atoms. The number of pyridine rings is 1. The van der Waals surface area contributed by atoms with Gasteiger partial charge in [-0.1, -0.05) is 6.07 Å². The number of aromatic nitrogens is 1. The van der Waals surface area contributed by atoms with E-state index in [1.807, 2.05) is 0 Å². The van der Waals surface area contributed by atoms with E-state index >= 15 is 0 Å². The van der Waals surface area contributed by atoms with Crippen LogP contribution in [-0.2, 0) is 9.59 Å². The van der Waals surface area contributed by atoms with Crippen LogP contribution < -0.4 is 5.32 Å². The summed E-state index contributed by atoms with van der Waals surface area (Å²) in [6, 6.07) is 5.26. The van der Waals surface area contributed by atoms with Crippen molar-refractivity contribution in [3.63, 3.8) is 0 Å². The lowest BCUT2D eigenvalue weighted by Gasteiger charge is -1.97. The third-order valence-electron chi connectivity index (χ3n) is 1.61. The molecule has 0 spiro atoms. The first-order chi connectivity index (χ1) is 6.77. The summed E-state index contributed by atoms with van der Waals surface area (Å²) in [5.41, 5.74) is 0.643. The number of amides is 1. The molecular weight excluding hydrogens is 180 g/mol. The van der Waals surface area contributed by atoms with Crippen LogP contribution in [0.1, 0.15) is 5.69 Å². The van der Waals surface area contributed by atoms with Crippen LogP contribution in [0, 0.1) is 0 Å². The maximum Gasteiger partial charge on any atom is 0.254 e. The van der Waals surface area contributed by atoms with Crippen molar-refractivity contribution in [2.24, 2.45) is 0 Å². The molecule has 1 amide bonds. The van der Waals surface area contributed by atoms with Crippen molar-refractivity contribution in [1.82, 2.24) is 10.3 Å². The predicted molar refractivity (Wildman–Crippen MR) is 52.3 cm³/mol. The van der Waals surface area contributed by atoms with Gasteiger partial charge in [0.1, 0.15) is 0 Å². The fourth-order valence-corrected chi connectivity index (χ4v) is 0.918. The minimum atomic E-state index is -0.411. The zero-order chi connectivity index (χ0) is 10.4. The van der Waals surface area contributed by atoms with Crippen molar-refractivity contribution in [2.45, 2.75) is 0 Å². The van der Waals surface area contributed by atoms with Crippen LogP contribution in [0.25, 0.3) is 6.08 Å². The van der Waals surface area contributed by atoms with Crippen LogP contribution in [0.4, 0.5) is 0 Å². The first-order valence-corrected chi connectivity index (χ1v) is 4.08. The lowest BCUT2D eigenvalue weighted by Crippen LogP contribution is -2.20. The van der Waals surface area contributed by atoms with Crippen LogP contribution in [0.15, 0.2) is 30.0 Å². The molecule has 0 atom stereocenters. The zero-order valence-corrected chi connectivity index (χ0v) is 7.73. The molecule has 1 rings (SSSR count). The molecule has 1 aromatic rings. The van der Waals surface area contributed by atoms with E-state index in [0.717, 1.165) is 0 Å². The second-order valence-electron chi connectivity index (χ2n) is 2.55. The number of nitrogens with one attached hydrogen (secondary N) is 1. The van der Waals surface area contributed by atoms with Crippen molar-refractivity contribution in [2.75, 3.05) is 7.05 Å². The third kappa shape index (κ3) is 2.52. The van der Waals surface area contributed by atoms with E-state index in [0.29, 0.717) is 12.0 Å². The molecule has 0 fully saturated rings. The van der Waals surface area contributed by atoms with Gasteiger partial charge in [0.15, 0.2) is 6.29 Å². The molecule has 0 saturated carbocycles. The van der Waals surface area contributed by atoms with Crippen LogP contribution in [0.3, 0.4) is 0 Å². The molecule has 4 nitrogen and oxygen atoms in total. The number of aldehydes is 1. The number of hydrogen-bond donors (Lipinski definition) is 1. The van der Waals surface area contributed by atoms with E-state index in [-0.39, 0.29) is 5.57 Å². The zero-order valence-electron chi connectivity index (χ0n) is 7.73. The Morgan fingerprint density at radius 2 is 2.29 bits per heavy atom. The van der Waals surface area contributed by atoms with E-state index in [9.17, 15) is 9.59 Å².